The van der Waals surface area contributed by atoms with Crippen LogP contribution in [0.5, 0.6) is 0 Å². The second-order valence-corrected chi connectivity index (χ2v) is 7.46. The van der Waals surface area contributed by atoms with E-state index in [1.165, 1.54) is 6.33 Å². The molecule has 0 atom stereocenters. The van der Waals surface area contributed by atoms with Crippen LogP contribution < -0.4 is 0 Å². The van der Waals surface area contributed by atoms with Gasteiger partial charge in [-0.2, -0.15) is 5.26 Å². The fraction of sp³-hybridized carbons (Fsp3) is 0.167. The van der Waals surface area contributed by atoms with Crippen LogP contribution in [0.1, 0.15) is 22.5 Å². The molecule has 1 aromatic carbocycles. The Hall–Kier alpha value is -4.02. The second-order valence-electron chi connectivity index (χ2n) is 7.46. The highest BCUT2D eigenvalue weighted by Gasteiger charge is 2.19. The van der Waals surface area contributed by atoms with Gasteiger partial charge in [0.15, 0.2) is 5.82 Å². The van der Waals surface area contributed by atoms with Gasteiger partial charge < -0.3 is 0 Å². The molecule has 4 heterocycles. The first-order chi connectivity index (χ1) is 15.3. The number of hydrogen-bond acceptors (Lipinski definition) is 7. The number of pyridine rings is 1. The third kappa shape index (κ3) is 4.15. The first-order valence-corrected chi connectivity index (χ1v) is 10.1. The summed E-state index contributed by atoms with van der Waals surface area (Å²) in [4.78, 5) is 24.5. The van der Waals surface area contributed by atoms with Crippen molar-refractivity contribution in [3.63, 3.8) is 0 Å². The zero-order valence-electron chi connectivity index (χ0n) is 16.8. The normalized spacial score (nSPS) is 13.4. The third-order valence-corrected chi connectivity index (χ3v) is 5.31. The third-order valence-electron chi connectivity index (χ3n) is 5.31. The van der Waals surface area contributed by atoms with Gasteiger partial charge >= 0.3 is 0 Å². The standard InChI is InChI=1S/C24H19N7/c25-10-17-3-1-4-18(9-17)22-6-2-5-21(29-22)15-31-8-7-23-20(14-31)13-28-24(30-23)19-11-26-16-27-12-19/h1-6,9,11-13,16H,7-8,14-15H2. The fourth-order valence-corrected chi connectivity index (χ4v) is 3.77. The first kappa shape index (κ1) is 19.0. The predicted molar refractivity (Wildman–Crippen MR) is 115 cm³/mol. The van der Waals surface area contributed by atoms with Crippen LogP contribution in [-0.4, -0.2) is 36.4 Å². The van der Waals surface area contributed by atoms with Gasteiger partial charge in [0, 0.05) is 55.8 Å². The number of fused-ring (bicyclic) bond motifs is 1. The summed E-state index contributed by atoms with van der Waals surface area (Å²) in [5, 5.41) is 9.15. The number of rotatable bonds is 4. The predicted octanol–water partition coefficient (Wildman–Crippen LogP) is 3.43. The highest BCUT2D eigenvalue weighted by atomic mass is 15.1. The largest absolute Gasteiger partial charge is 0.293 e. The van der Waals surface area contributed by atoms with Crippen molar-refractivity contribution in [2.45, 2.75) is 19.5 Å². The maximum atomic E-state index is 9.15. The lowest BCUT2D eigenvalue weighted by atomic mass is 10.1. The molecule has 0 fully saturated rings. The number of benzene rings is 1. The van der Waals surface area contributed by atoms with Crippen molar-refractivity contribution < 1.29 is 0 Å². The summed E-state index contributed by atoms with van der Waals surface area (Å²) in [6, 6.07) is 15.8. The number of nitrogens with zero attached hydrogens (tertiary/aromatic N) is 7. The fourth-order valence-electron chi connectivity index (χ4n) is 3.77. The highest BCUT2D eigenvalue weighted by Crippen LogP contribution is 2.23. The van der Waals surface area contributed by atoms with Crippen molar-refractivity contribution in [2.24, 2.45) is 0 Å². The van der Waals surface area contributed by atoms with Crippen LogP contribution in [0.4, 0.5) is 0 Å². The molecule has 150 valence electrons. The van der Waals surface area contributed by atoms with Crippen molar-refractivity contribution in [3.8, 4) is 28.7 Å². The molecule has 0 radical (unpaired) electrons. The molecular formula is C24H19N7. The Morgan fingerprint density at radius 3 is 2.71 bits per heavy atom. The van der Waals surface area contributed by atoms with Crippen LogP contribution in [0, 0.1) is 11.3 Å². The molecule has 31 heavy (non-hydrogen) atoms. The SMILES string of the molecule is N#Cc1cccc(-c2cccc(CN3CCc4nc(-c5cncnc5)ncc4C3)n2)c1. The van der Waals surface area contributed by atoms with Gasteiger partial charge in [0.2, 0.25) is 0 Å². The molecular weight excluding hydrogens is 386 g/mol. The smallest absolute Gasteiger partial charge is 0.162 e. The molecule has 3 aromatic heterocycles. The van der Waals surface area contributed by atoms with Crippen molar-refractivity contribution in [2.75, 3.05) is 6.54 Å². The summed E-state index contributed by atoms with van der Waals surface area (Å²) in [5.41, 5.74) is 6.53. The summed E-state index contributed by atoms with van der Waals surface area (Å²) in [5.74, 6) is 0.668. The molecule has 0 spiro atoms. The van der Waals surface area contributed by atoms with E-state index in [1.54, 1.807) is 18.5 Å². The van der Waals surface area contributed by atoms with Gasteiger partial charge in [-0.25, -0.2) is 19.9 Å². The van der Waals surface area contributed by atoms with E-state index < -0.39 is 0 Å². The lowest BCUT2D eigenvalue weighted by Gasteiger charge is -2.27. The van der Waals surface area contributed by atoms with Crippen LogP contribution in [0.25, 0.3) is 22.6 Å². The lowest BCUT2D eigenvalue weighted by Crippen LogP contribution is -2.31. The molecule has 7 nitrogen and oxygen atoms in total. The molecule has 7 heteroatoms. The number of aromatic nitrogens is 5. The van der Waals surface area contributed by atoms with Crippen LogP contribution in [0.15, 0.2) is 67.4 Å². The molecule has 0 unspecified atom stereocenters. The Morgan fingerprint density at radius 1 is 0.968 bits per heavy atom. The Bertz CT molecular complexity index is 1260. The number of hydrogen-bond donors (Lipinski definition) is 0. The Morgan fingerprint density at radius 2 is 1.84 bits per heavy atom. The molecule has 0 saturated heterocycles. The maximum absolute atomic E-state index is 9.15. The van der Waals surface area contributed by atoms with Crippen molar-refractivity contribution in [1.82, 2.24) is 29.8 Å². The lowest BCUT2D eigenvalue weighted by molar-refractivity contribution is 0.240. The molecule has 1 aliphatic heterocycles. The highest BCUT2D eigenvalue weighted by molar-refractivity contribution is 5.61. The maximum Gasteiger partial charge on any atom is 0.162 e. The van der Waals surface area contributed by atoms with Crippen LogP contribution >= 0.6 is 0 Å². The van der Waals surface area contributed by atoms with Crippen LogP contribution in [0.3, 0.4) is 0 Å². The van der Waals surface area contributed by atoms with Gasteiger partial charge in [0.25, 0.3) is 0 Å². The summed E-state index contributed by atoms with van der Waals surface area (Å²) < 4.78 is 0. The van der Waals surface area contributed by atoms with Crippen molar-refractivity contribution in [1.29, 1.82) is 5.26 Å². The average molecular weight is 405 g/mol. The Labute approximate surface area is 180 Å². The van der Waals surface area contributed by atoms with Gasteiger partial charge in [-0.05, 0) is 24.3 Å². The minimum Gasteiger partial charge on any atom is -0.293 e. The van der Waals surface area contributed by atoms with E-state index in [2.05, 4.69) is 25.9 Å². The van der Waals surface area contributed by atoms with Crippen molar-refractivity contribution >= 4 is 0 Å². The zero-order valence-corrected chi connectivity index (χ0v) is 16.8. The summed E-state index contributed by atoms with van der Waals surface area (Å²) >= 11 is 0. The summed E-state index contributed by atoms with van der Waals surface area (Å²) in [6.45, 7) is 2.45. The van der Waals surface area contributed by atoms with Gasteiger partial charge in [0.1, 0.15) is 6.33 Å². The minimum atomic E-state index is 0.638. The Kier molecular flexibility index (Phi) is 5.13. The van der Waals surface area contributed by atoms with Crippen LogP contribution in [0.2, 0.25) is 0 Å². The molecule has 0 saturated carbocycles. The quantitative estimate of drug-likeness (QED) is 0.514. The molecule has 0 bridgehead atoms. The van der Waals surface area contributed by atoms with Gasteiger partial charge in [0.05, 0.1) is 34.3 Å². The molecule has 0 amide bonds. The van der Waals surface area contributed by atoms with E-state index in [4.69, 9.17) is 15.2 Å². The van der Waals surface area contributed by atoms with Gasteiger partial charge in [-0.15, -0.1) is 0 Å². The van der Waals surface area contributed by atoms with Gasteiger partial charge in [-0.3, -0.25) is 9.88 Å². The van der Waals surface area contributed by atoms with E-state index in [9.17, 15) is 0 Å². The molecule has 4 aromatic rings. The molecule has 5 rings (SSSR count). The minimum absolute atomic E-state index is 0.638. The monoisotopic (exact) mass is 405 g/mol. The molecule has 0 N–H and O–H groups in total. The van der Waals surface area contributed by atoms with E-state index >= 15 is 0 Å². The average Bonchev–Trinajstić information content (AvgIpc) is 2.84. The Balaban J connectivity index is 1.32. The number of nitriles is 1. The first-order valence-electron chi connectivity index (χ1n) is 10.1. The summed E-state index contributed by atoms with van der Waals surface area (Å²) in [6.07, 6.45) is 7.74. The summed E-state index contributed by atoms with van der Waals surface area (Å²) in [7, 11) is 0. The van der Waals surface area contributed by atoms with E-state index in [-0.39, 0.29) is 0 Å². The van der Waals surface area contributed by atoms with Crippen LogP contribution in [-0.2, 0) is 19.5 Å². The van der Waals surface area contributed by atoms with E-state index in [0.29, 0.717) is 11.4 Å². The van der Waals surface area contributed by atoms with Crippen molar-refractivity contribution in [3.05, 3.63) is 89.9 Å². The molecule has 1 aliphatic rings. The second kappa shape index (κ2) is 8.38. The van der Waals surface area contributed by atoms with E-state index in [1.807, 2.05) is 42.6 Å². The van der Waals surface area contributed by atoms with E-state index in [0.717, 1.165) is 59.8 Å². The topological polar surface area (TPSA) is 91.5 Å². The zero-order chi connectivity index (χ0) is 21.0. The molecule has 0 aliphatic carbocycles. The van der Waals surface area contributed by atoms with Gasteiger partial charge in [-0.1, -0.05) is 18.2 Å².